The number of rotatable bonds is 3. The zero-order valence-electron chi connectivity index (χ0n) is 12.1. The van der Waals surface area contributed by atoms with Crippen LogP contribution in [0.15, 0.2) is 12.2 Å². The van der Waals surface area contributed by atoms with Crippen molar-refractivity contribution in [2.24, 2.45) is 0 Å². The van der Waals surface area contributed by atoms with Crippen molar-refractivity contribution in [1.82, 2.24) is 0 Å². The van der Waals surface area contributed by atoms with Gasteiger partial charge in [-0.25, -0.2) is 0 Å². The van der Waals surface area contributed by atoms with Crippen molar-refractivity contribution >= 4 is 0 Å². The molecule has 0 rings (SSSR count). The molecule has 0 heterocycles. The van der Waals surface area contributed by atoms with Crippen LogP contribution in [-0.4, -0.2) is 46.4 Å². The van der Waals surface area contributed by atoms with E-state index in [4.69, 9.17) is 20.4 Å². The van der Waals surface area contributed by atoms with E-state index in [0.29, 0.717) is 0 Å². The monoisotopic (exact) mass is 252 g/mol. The van der Waals surface area contributed by atoms with E-state index in [9.17, 15) is 0 Å². The Morgan fingerprint density at radius 1 is 1.00 bits per heavy atom. The van der Waals surface area contributed by atoms with Crippen molar-refractivity contribution < 1.29 is 20.4 Å². The number of aliphatic hydroxyl groups is 4. The van der Waals surface area contributed by atoms with E-state index in [1.807, 2.05) is 0 Å². The molecular formula is C13H32O4. The van der Waals surface area contributed by atoms with Crippen LogP contribution in [0.5, 0.6) is 0 Å². The zero-order valence-corrected chi connectivity index (χ0v) is 12.1. The first-order chi connectivity index (χ1) is 7.97. The van der Waals surface area contributed by atoms with Gasteiger partial charge in [-0.15, -0.1) is 0 Å². The summed E-state index contributed by atoms with van der Waals surface area (Å²) in [6, 6.07) is 0. The van der Waals surface area contributed by atoms with Gasteiger partial charge in [0.2, 0.25) is 0 Å². The summed E-state index contributed by atoms with van der Waals surface area (Å²) in [5, 5.41) is 30.9. The second-order valence-electron chi connectivity index (χ2n) is 3.21. The summed E-state index contributed by atoms with van der Waals surface area (Å²) in [7, 11) is 0. The maximum atomic E-state index is 8.06. The Hall–Kier alpha value is -0.420. The van der Waals surface area contributed by atoms with Crippen LogP contribution in [0.2, 0.25) is 0 Å². The van der Waals surface area contributed by atoms with Gasteiger partial charge in [0.15, 0.2) is 0 Å². The number of hydrogen-bond donors (Lipinski definition) is 4. The summed E-state index contributed by atoms with van der Waals surface area (Å²) >= 11 is 0. The molecule has 0 aliphatic carbocycles. The van der Waals surface area contributed by atoms with Crippen molar-refractivity contribution in [3.05, 3.63) is 12.2 Å². The molecule has 0 saturated heterocycles. The lowest BCUT2D eigenvalue weighted by Crippen LogP contribution is -1.85. The number of unbranched alkanes of at least 4 members (excludes halogenated alkanes) is 1. The van der Waals surface area contributed by atoms with Gasteiger partial charge in [0.25, 0.3) is 0 Å². The summed E-state index contributed by atoms with van der Waals surface area (Å²) in [6.07, 6.45) is 6.60. The first-order valence-corrected chi connectivity index (χ1v) is 6.09. The fraction of sp³-hybridized carbons (Fsp3) is 0.846. The molecule has 0 aliphatic rings. The molecule has 0 aromatic heterocycles. The third-order valence-electron chi connectivity index (χ3n) is 0.791. The number of allylic oxidation sites excluding steroid dienone is 2. The molecule has 4 nitrogen and oxygen atoms in total. The molecule has 0 aliphatic heterocycles. The fourth-order valence-electron chi connectivity index (χ4n) is 0.333. The van der Waals surface area contributed by atoms with Gasteiger partial charge in [-0.05, 0) is 34.1 Å². The van der Waals surface area contributed by atoms with Crippen molar-refractivity contribution in [2.75, 3.05) is 19.8 Å². The maximum absolute atomic E-state index is 8.06. The smallest absolute Gasteiger partial charge is 0.0662 e. The van der Waals surface area contributed by atoms with Crippen LogP contribution in [-0.2, 0) is 0 Å². The molecule has 4 heteroatoms. The predicted molar refractivity (Wildman–Crippen MR) is 74.0 cm³/mol. The second kappa shape index (κ2) is 36.1. The lowest BCUT2D eigenvalue weighted by atomic mass is 10.3. The largest absolute Gasteiger partial charge is 0.397 e. The molecule has 0 amide bonds. The van der Waals surface area contributed by atoms with Gasteiger partial charge >= 0.3 is 0 Å². The fourth-order valence-corrected chi connectivity index (χ4v) is 0.333. The highest BCUT2D eigenvalue weighted by Gasteiger charge is 1.69. The van der Waals surface area contributed by atoms with Gasteiger partial charge < -0.3 is 20.4 Å². The van der Waals surface area contributed by atoms with Crippen LogP contribution >= 0.6 is 0 Å². The van der Waals surface area contributed by atoms with Crippen molar-refractivity contribution in [3.8, 4) is 0 Å². The van der Waals surface area contributed by atoms with E-state index in [2.05, 4.69) is 26.0 Å². The van der Waals surface area contributed by atoms with Gasteiger partial charge in [0.05, 0.1) is 13.2 Å². The lowest BCUT2D eigenvalue weighted by molar-refractivity contribution is 0.186. The van der Waals surface area contributed by atoms with Crippen LogP contribution < -0.4 is 0 Å². The van der Waals surface area contributed by atoms with E-state index < -0.39 is 0 Å². The van der Waals surface area contributed by atoms with Gasteiger partial charge in [-0.3, -0.25) is 0 Å². The quantitative estimate of drug-likeness (QED) is 0.577. The van der Waals surface area contributed by atoms with E-state index in [1.54, 1.807) is 20.8 Å². The predicted octanol–water partition coefficient (Wildman–Crippen LogP) is 1.72. The van der Waals surface area contributed by atoms with Crippen LogP contribution in [0.1, 0.15) is 47.5 Å². The summed E-state index contributed by atoms with van der Waals surface area (Å²) in [4.78, 5) is 0. The number of aliphatic hydroxyl groups excluding tert-OH is 4. The van der Waals surface area contributed by atoms with Crippen LogP contribution in [0.25, 0.3) is 0 Å². The van der Waals surface area contributed by atoms with Crippen LogP contribution in [0, 0.1) is 0 Å². The Bertz CT molecular complexity index is 98.8. The molecule has 0 saturated carbocycles. The first-order valence-electron chi connectivity index (χ1n) is 6.09. The summed E-state index contributed by atoms with van der Waals surface area (Å²) in [6.45, 7) is 9.36. The molecule has 0 unspecified atom stereocenters. The first kappa shape index (κ1) is 25.4. The Morgan fingerprint density at radius 2 is 1.29 bits per heavy atom. The molecule has 0 bridgehead atoms. The third-order valence-corrected chi connectivity index (χ3v) is 0.791. The highest BCUT2D eigenvalue weighted by Crippen LogP contribution is 1.85. The molecule has 108 valence electrons. The molecule has 0 aromatic rings. The Balaban J connectivity index is -0.0000000688. The SMILES string of the molecule is C/C=C/CCC.CC(C)O.CCO.OCCO. The standard InChI is InChI=1S/C6H12.C3H8O.C2H6O2.C2H6O/c1-3-5-6-4-2;1-3(2)4;3-1-2-4;1-2-3/h3,5H,4,6H2,1-2H3;3-4H,1-2H3;3-4H,1-2H2;3H,2H2,1H3/b5-3+;;;. The van der Waals surface area contributed by atoms with Gasteiger partial charge in [0, 0.05) is 12.7 Å². The maximum Gasteiger partial charge on any atom is 0.0662 e. The molecule has 0 fully saturated rings. The van der Waals surface area contributed by atoms with E-state index in [1.165, 1.54) is 12.8 Å². The average molecular weight is 252 g/mol. The van der Waals surface area contributed by atoms with Crippen LogP contribution in [0.3, 0.4) is 0 Å². The number of hydrogen-bond acceptors (Lipinski definition) is 4. The minimum atomic E-state index is -0.167. The highest BCUT2D eigenvalue weighted by atomic mass is 16.3. The van der Waals surface area contributed by atoms with Crippen molar-refractivity contribution in [2.45, 2.75) is 53.6 Å². The van der Waals surface area contributed by atoms with Gasteiger partial charge in [0.1, 0.15) is 0 Å². The van der Waals surface area contributed by atoms with E-state index in [0.717, 1.165) is 0 Å². The summed E-state index contributed by atoms with van der Waals surface area (Å²) in [5.74, 6) is 0. The molecule has 17 heavy (non-hydrogen) atoms. The van der Waals surface area contributed by atoms with Crippen molar-refractivity contribution in [3.63, 3.8) is 0 Å². The zero-order chi connectivity index (χ0) is 14.5. The molecule has 0 aromatic carbocycles. The average Bonchev–Trinajstić information content (AvgIpc) is 2.27. The molecule has 0 spiro atoms. The Labute approximate surface area is 107 Å². The molecule has 0 atom stereocenters. The Morgan fingerprint density at radius 3 is 1.35 bits per heavy atom. The summed E-state index contributed by atoms with van der Waals surface area (Å²) < 4.78 is 0. The van der Waals surface area contributed by atoms with Crippen molar-refractivity contribution in [1.29, 1.82) is 0 Å². The van der Waals surface area contributed by atoms with Crippen LogP contribution in [0.4, 0.5) is 0 Å². The minimum Gasteiger partial charge on any atom is -0.397 e. The van der Waals surface area contributed by atoms with E-state index in [-0.39, 0.29) is 25.9 Å². The van der Waals surface area contributed by atoms with E-state index >= 15 is 0 Å². The van der Waals surface area contributed by atoms with Gasteiger partial charge in [-0.2, -0.15) is 0 Å². The molecular weight excluding hydrogens is 220 g/mol. The normalized spacial score (nSPS) is 8.59. The molecule has 0 radical (unpaired) electrons. The lowest BCUT2D eigenvalue weighted by Gasteiger charge is -1.80. The topological polar surface area (TPSA) is 80.9 Å². The third kappa shape index (κ3) is 224. The highest BCUT2D eigenvalue weighted by molar-refractivity contribution is 4.75. The molecule has 4 N–H and O–H groups in total. The van der Waals surface area contributed by atoms with Gasteiger partial charge in [-0.1, -0.05) is 25.5 Å². The second-order valence-corrected chi connectivity index (χ2v) is 3.21. The minimum absolute atomic E-state index is 0.125. The summed E-state index contributed by atoms with van der Waals surface area (Å²) in [5.41, 5.74) is 0. The Kier molecular flexibility index (Phi) is 54.0.